The third-order valence-corrected chi connectivity index (χ3v) is 2.77. The number of carboxylic acids is 1. The average molecular weight is 264 g/mol. The second-order valence-corrected chi connectivity index (χ2v) is 4.22. The lowest BCUT2D eigenvalue weighted by atomic mass is 10.2. The van der Waals surface area contributed by atoms with E-state index in [-0.39, 0.29) is 5.56 Å². The summed E-state index contributed by atoms with van der Waals surface area (Å²) in [7, 11) is 0. The van der Waals surface area contributed by atoms with Crippen LogP contribution in [0.2, 0.25) is 5.02 Å². The molecule has 5 heteroatoms. The first-order valence-corrected chi connectivity index (χ1v) is 5.63. The van der Waals surface area contributed by atoms with Gasteiger partial charge in [-0.15, -0.1) is 0 Å². The number of carbonyl (C=O) groups is 1. The Labute approximate surface area is 108 Å². The first-order valence-electron chi connectivity index (χ1n) is 5.25. The van der Waals surface area contributed by atoms with Crippen molar-refractivity contribution in [1.29, 1.82) is 0 Å². The van der Waals surface area contributed by atoms with E-state index in [0.29, 0.717) is 11.6 Å². The number of halogens is 1. The Hall–Kier alpha value is -2.07. The highest BCUT2D eigenvalue weighted by molar-refractivity contribution is 6.30. The lowest BCUT2D eigenvalue weighted by Gasteiger charge is -2.06. The van der Waals surface area contributed by atoms with Crippen LogP contribution in [0.15, 0.2) is 47.4 Å². The molecule has 4 nitrogen and oxygen atoms in total. The third kappa shape index (κ3) is 2.60. The fraction of sp³-hybridized carbons (Fsp3) is 0.0769. The molecule has 0 amide bonds. The molecule has 0 aliphatic heterocycles. The summed E-state index contributed by atoms with van der Waals surface area (Å²) in [5, 5.41) is 9.48. The molecule has 0 unspecified atom stereocenters. The van der Waals surface area contributed by atoms with Crippen molar-refractivity contribution in [2.45, 2.75) is 6.54 Å². The molecule has 92 valence electrons. The molecule has 0 saturated heterocycles. The van der Waals surface area contributed by atoms with Crippen molar-refractivity contribution < 1.29 is 9.90 Å². The summed E-state index contributed by atoms with van der Waals surface area (Å²) in [5.74, 6) is -1.22. The Bertz CT molecular complexity index is 631. The molecular formula is C13H10ClNO3. The molecule has 0 radical (unpaired) electrons. The first-order chi connectivity index (χ1) is 8.58. The number of nitrogens with zero attached hydrogens (tertiary/aromatic N) is 1. The summed E-state index contributed by atoms with van der Waals surface area (Å²) in [4.78, 5) is 22.7. The van der Waals surface area contributed by atoms with Gasteiger partial charge in [0.05, 0.1) is 6.54 Å². The maximum atomic E-state index is 11.8. The van der Waals surface area contributed by atoms with Crippen LogP contribution in [0, 0.1) is 0 Å². The highest BCUT2D eigenvalue weighted by atomic mass is 35.5. The number of rotatable bonds is 3. The molecule has 0 aliphatic rings. The summed E-state index contributed by atoms with van der Waals surface area (Å²) in [6, 6.07) is 9.88. The van der Waals surface area contributed by atoms with Gasteiger partial charge in [0.15, 0.2) is 0 Å². The van der Waals surface area contributed by atoms with Crippen molar-refractivity contribution in [2.24, 2.45) is 0 Å². The smallest absolute Gasteiger partial charge is 0.341 e. The molecule has 0 fully saturated rings. The SMILES string of the molecule is O=C(O)c1cccn(Cc2ccc(Cl)cc2)c1=O. The molecule has 2 aromatic rings. The standard InChI is InChI=1S/C13H10ClNO3/c14-10-5-3-9(4-6-10)8-15-7-1-2-11(12(15)16)13(17)18/h1-7H,8H2,(H,17,18). The Morgan fingerprint density at radius 1 is 1.22 bits per heavy atom. The maximum absolute atomic E-state index is 11.8. The van der Waals surface area contributed by atoms with Crippen LogP contribution in [0.1, 0.15) is 15.9 Å². The molecular weight excluding hydrogens is 254 g/mol. The van der Waals surface area contributed by atoms with E-state index >= 15 is 0 Å². The van der Waals surface area contributed by atoms with Crippen LogP contribution in [0.3, 0.4) is 0 Å². The molecule has 0 spiro atoms. The van der Waals surface area contributed by atoms with Crippen molar-refractivity contribution in [1.82, 2.24) is 4.57 Å². The topological polar surface area (TPSA) is 59.3 Å². The van der Waals surface area contributed by atoms with Gasteiger partial charge in [-0.25, -0.2) is 4.79 Å². The van der Waals surface area contributed by atoms with Crippen molar-refractivity contribution in [3.8, 4) is 0 Å². The van der Waals surface area contributed by atoms with Crippen LogP contribution in [0.25, 0.3) is 0 Å². The lowest BCUT2D eigenvalue weighted by molar-refractivity contribution is 0.0694. The molecule has 1 aromatic heterocycles. The Morgan fingerprint density at radius 3 is 2.50 bits per heavy atom. The highest BCUT2D eigenvalue weighted by Gasteiger charge is 2.09. The lowest BCUT2D eigenvalue weighted by Crippen LogP contribution is -2.25. The predicted octanol–water partition coefficient (Wildman–Crippen LogP) is 2.25. The zero-order chi connectivity index (χ0) is 13.1. The molecule has 1 N–H and O–H groups in total. The van der Waals surface area contributed by atoms with Gasteiger partial charge in [-0.2, -0.15) is 0 Å². The largest absolute Gasteiger partial charge is 0.477 e. The van der Waals surface area contributed by atoms with E-state index < -0.39 is 11.5 Å². The van der Waals surface area contributed by atoms with Crippen molar-refractivity contribution in [3.63, 3.8) is 0 Å². The second kappa shape index (κ2) is 5.06. The number of aromatic carboxylic acids is 1. The maximum Gasteiger partial charge on any atom is 0.341 e. The van der Waals surface area contributed by atoms with Gasteiger partial charge < -0.3 is 9.67 Å². The van der Waals surface area contributed by atoms with Gasteiger partial charge >= 0.3 is 5.97 Å². The predicted molar refractivity (Wildman–Crippen MR) is 68.2 cm³/mol. The highest BCUT2D eigenvalue weighted by Crippen LogP contribution is 2.10. The minimum atomic E-state index is -1.22. The molecule has 1 heterocycles. The van der Waals surface area contributed by atoms with Gasteiger partial charge in [0.25, 0.3) is 5.56 Å². The summed E-state index contributed by atoms with van der Waals surface area (Å²) < 4.78 is 1.35. The Morgan fingerprint density at radius 2 is 1.89 bits per heavy atom. The first kappa shape index (κ1) is 12.4. The molecule has 0 saturated carbocycles. The second-order valence-electron chi connectivity index (χ2n) is 3.79. The van der Waals surface area contributed by atoms with Gasteiger partial charge in [0.2, 0.25) is 0 Å². The van der Waals surface area contributed by atoms with Gasteiger partial charge in [0, 0.05) is 11.2 Å². The summed E-state index contributed by atoms with van der Waals surface area (Å²) in [5.41, 5.74) is 0.135. The van der Waals surface area contributed by atoms with Crippen LogP contribution in [-0.2, 0) is 6.54 Å². The van der Waals surface area contributed by atoms with Crippen molar-refractivity contribution in [2.75, 3.05) is 0 Å². The third-order valence-electron chi connectivity index (χ3n) is 2.52. The van der Waals surface area contributed by atoms with Crippen molar-refractivity contribution >= 4 is 17.6 Å². The van der Waals surface area contributed by atoms with E-state index in [1.54, 1.807) is 36.5 Å². The molecule has 1 aromatic carbocycles. The quantitative estimate of drug-likeness (QED) is 0.924. The van der Waals surface area contributed by atoms with E-state index in [1.165, 1.54) is 10.6 Å². The number of pyridine rings is 1. The normalized spacial score (nSPS) is 10.3. The Balaban J connectivity index is 2.35. The van der Waals surface area contributed by atoms with Crippen LogP contribution >= 0.6 is 11.6 Å². The van der Waals surface area contributed by atoms with E-state index in [0.717, 1.165) is 5.56 Å². The average Bonchev–Trinajstić information content (AvgIpc) is 2.34. The minimum absolute atomic E-state index is 0.230. The van der Waals surface area contributed by atoms with Crippen LogP contribution in [0.4, 0.5) is 0 Å². The summed E-state index contributed by atoms with van der Waals surface area (Å²) in [6.45, 7) is 0.317. The Kier molecular flexibility index (Phi) is 3.48. The van der Waals surface area contributed by atoms with E-state index in [4.69, 9.17) is 16.7 Å². The monoisotopic (exact) mass is 263 g/mol. The summed E-state index contributed by atoms with van der Waals surface area (Å²) in [6.07, 6.45) is 1.56. The number of carboxylic acid groups (broad SMARTS) is 1. The van der Waals surface area contributed by atoms with Crippen LogP contribution in [-0.4, -0.2) is 15.6 Å². The van der Waals surface area contributed by atoms with E-state index in [2.05, 4.69) is 0 Å². The van der Waals surface area contributed by atoms with E-state index in [1.807, 2.05) is 0 Å². The zero-order valence-corrected chi connectivity index (χ0v) is 10.1. The summed E-state index contributed by atoms with van der Waals surface area (Å²) >= 11 is 5.77. The van der Waals surface area contributed by atoms with E-state index in [9.17, 15) is 9.59 Å². The van der Waals surface area contributed by atoms with Gasteiger partial charge in [-0.05, 0) is 29.8 Å². The molecule has 0 aliphatic carbocycles. The number of hydrogen-bond acceptors (Lipinski definition) is 2. The fourth-order valence-electron chi connectivity index (χ4n) is 1.61. The number of benzene rings is 1. The van der Waals surface area contributed by atoms with Crippen LogP contribution in [0.5, 0.6) is 0 Å². The fourth-order valence-corrected chi connectivity index (χ4v) is 1.74. The van der Waals surface area contributed by atoms with Gasteiger partial charge in [-0.1, -0.05) is 23.7 Å². The molecule has 0 bridgehead atoms. The molecule has 2 rings (SSSR count). The zero-order valence-electron chi connectivity index (χ0n) is 9.34. The van der Waals surface area contributed by atoms with Gasteiger partial charge in [-0.3, -0.25) is 4.79 Å². The minimum Gasteiger partial charge on any atom is -0.477 e. The number of hydrogen-bond donors (Lipinski definition) is 1. The van der Waals surface area contributed by atoms with Crippen LogP contribution < -0.4 is 5.56 Å². The van der Waals surface area contributed by atoms with Crippen molar-refractivity contribution in [3.05, 3.63) is 69.1 Å². The molecule has 18 heavy (non-hydrogen) atoms. The molecule has 0 atom stereocenters. The number of aromatic nitrogens is 1. The van der Waals surface area contributed by atoms with Gasteiger partial charge in [0.1, 0.15) is 5.56 Å².